The number of rotatable bonds is 5. The highest BCUT2D eigenvalue weighted by atomic mass is 16.5. The van der Waals surface area contributed by atoms with Gasteiger partial charge in [-0.25, -0.2) is 0 Å². The number of carbonyl (C=O) groups is 2. The van der Waals surface area contributed by atoms with Crippen LogP contribution in [0.4, 0.5) is 0 Å². The smallest absolute Gasteiger partial charge is 0.231 e. The van der Waals surface area contributed by atoms with Gasteiger partial charge in [-0.2, -0.15) is 4.98 Å². The predicted molar refractivity (Wildman–Crippen MR) is 97.1 cm³/mol. The minimum absolute atomic E-state index is 0.0162. The van der Waals surface area contributed by atoms with Gasteiger partial charge < -0.3 is 9.42 Å². The second kappa shape index (κ2) is 7.81. The van der Waals surface area contributed by atoms with Crippen molar-refractivity contribution in [3.05, 3.63) is 46.6 Å². The normalized spacial score (nSPS) is 17.3. The zero-order valence-corrected chi connectivity index (χ0v) is 15.6. The van der Waals surface area contributed by atoms with Gasteiger partial charge in [0.2, 0.25) is 11.8 Å². The van der Waals surface area contributed by atoms with Gasteiger partial charge in [-0.3, -0.25) is 9.59 Å². The topological polar surface area (TPSA) is 76.3 Å². The van der Waals surface area contributed by atoms with Gasteiger partial charge in [0.1, 0.15) is 0 Å². The molecule has 26 heavy (non-hydrogen) atoms. The Labute approximate surface area is 153 Å². The molecule has 3 rings (SSSR count). The molecule has 0 saturated carbocycles. The van der Waals surface area contributed by atoms with Gasteiger partial charge in [0.05, 0.1) is 5.92 Å². The molecule has 0 spiro atoms. The number of aryl methyl sites for hydroxylation is 3. The molecule has 1 unspecified atom stereocenters. The van der Waals surface area contributed by atoms with Crippen molar-refractivity contribution in [1.82, 2.24) is 15.0 Å². The molecule has 1 aliphatic rings. The van der Waals surface area contributed by atoms with Crippen LogP contribution in [-0.2, 0) is 4.79 Å². The molecule has 6 heteroatoms. The summed E-state index contributed by atoms with van der Waals surface area (Å²) >= 11 is 0. The average molecular weight is 355 g/mol. The van der Waals surface area contributed by atoms with E-state index in [0.29, 0.717) is 23.8 Å². The van der Waals surface area contributed by atoms with E-state index >= 15 is 0 Å². The van der Waals surface area contributed by atoms with E-state index in [1.165, 1.54) is 0 Å². The van der Waals surface area contributed by atoms with Gasteiger partial charge in [-0.1, -0.05) is 17.3 Å². The van der Waals surface area contributed by atoms with Gasteiger partial charge in [0.25, 0.3) is 0 Å². The van der Waals surface area contributed by atoms with Crippen molar-refractivity contribution >= 4 is 11.7 Å². The summed E-state index contributed by atoms with van der Waals surface area (Å²) in [5.74, 6) is 1.34. The van der Waals surface area contributed by atoms with Gasteiger partial charge in [-0.05, 0) is 50.8 Å². The summed E-state index contributed by atoms with van der Waals surface area (Å²) in [7, 11) is 0. The van der Waals surface area contributed by atoms with Crippen molar-refractivity contribution in [1.29, 1.82) is 0 Å². The molecular formula is C20H25N3O3. The molecule has 1 amide bonds. The number of benzene rings is 1. The van der Waals surface area contributed by atoms with Gasteiger partial charge in [0.15, 0.2) is 11.6 Å². The number of nitrogens with zero attached hydrogens (tertiary/aromatic N) is 3. The van der Waals surface area contributed by atoms with Crippen molar-refractivity contribution < 1.29 is 14.1 Å². The number of Topliss-reactive ketones (excluding diaryl/α,β-unsaturated/α-hetero) is 1. The summed E-state index contributed by atoms with van der Waals surface area (Å²) in [5.41, 5.74) is 2.93. The molecule has 0 radical (unpaired) electrons. The maximum atomic E-state index is 12.5. The van der Waals surface area contributed by atoms with Crippen LogP contribution in [0.15, 0.2) is 22.7 Å². The maximum Gasteiger partial charge on any atom is 0.231 e. The lowest BCUT2D eigenvalue weighted by molar-refractivity contribution is -0.132. The largest absolute Gasteiger partial charge is 0.342 e. The third-order valence-corrected chi connectivity index (χ3v) is 5.06. The first-order chi connectivity index (χ1) is 12.4. The SMILES string of the molecule is Cc1noc(C2CCCN(C(=O)CCC(=O)c3ccc(C)c(C)c3)C2)n1. The number of ketones is 1. The maximum absolute atomic E-state index is 12.5. The summed E-state index contributed by atoms with van der Waals surface area (Å²) in [4.78, 5) is 31.0. The Balaban J connectivity index is 1.55. The average Bonchev–Trinajstić information content (AvgIpc) is 3.08. The second-order valence-corrected chi connectivity index (χ2v) is 7.08. The van der Waals surface area contributed by atoms with Crippen molar-refractivity contribution in [2.24, 2.45) is 0 Å². The van der Waals surface area contributed by atoms with E-state index in [9.17, 15) is 9.59 Å². The Hall–Kier alpha value is -2.50. The van der Waals surface area contributed by atoms with Crippen molar-refractivity contribution in [2.75, 3.05) is 13.1 Å². The first kappa shape index (κ1) is 18.3. The number of piperidine rings is 1. The molecule has 1 aliphatic heterocycles. The lowest BCUT2D eigenvalue weighted by Gasteiger charge is -2.31. The number of amides is 1. The van der Waals surface area contributed by atoms with Crippen LogP contribution in [0.1, 0.15) is 64.8 Å². The fraction of sp³-hybridized carbons (Fsp3) is 0.500. The summed E-state index contributed by atoms with van der Waals surface area (Å²) in [5, 5.41) is 3.83. The summed E-state index contributed by atoms with van der Waals surface area (Å²) in [6.45, 7) is 7.10. The Morgan fingerprint density at radius 1 is 1.19 bits per heavy atom. The number of likely N-dealkylation sites (tertiary alicyclic amines) is 1. The van der Waals surface area contributed by atoms with Crippen LogP contribution in [-0.4, -0.2) is 39.8 Å². The van der Waals surface area contributed by atoms with E-state index in [2.05, 4.69) is 10.1 Å². The predicted octanol–water partition coefficient (Wildman–Crippen LogP) is 3.36. The third-order valence-electron chi connectivity index (χ3n) is 5.06. The van der Waals surface area contributed by atoms with E-state index in [1.807, 2.05) is 36.9 Å². The van der Waals surface area contributed by atoms with Gasteiger partial charge >= 0.3 is 0 Å². The molecule has 1 aromatic carbocycles. The molecule has 1 aromatic heterocycles. The summed E-state index contributed by atoms with van der Waals surface area (Å²) < 4.78 is 5.26. The third kappa shape index (κ3) is 4.18. The standard InChI is InChI=1S/C20H25N3O3/c1-13-6-7-16(11-14(13)2)18(24)8-9-19(25)23-10-4-5-17(12-23)20-21-15(3)22-26-20/h6-7,11,17H,4-5,8-10,12H2,1-3H3. The number of hydrogen-bond acceptors (Lipinski definition) is 5. The Morgan fingerprint density at radius 2 is 2.00 bits per heavy atom. The fourth-order valence-corrected chi connectivity index (χ4v) is 3.32. The highest BCUT2D eigenvalue weighted by molar-refractivity contribution is 5.98. The van der Waals surface area contributed by atoms with Crippen LogP contribution in [0.3, 0.4) is 0 Å². The highest BCUT2D eigenvalue weighted by Crippen LogP contribution is 2.26. The van der Waals surface area contributed by atoms with Gasteiger partial charge in [0, 0.05) is 31.5 Å². The van der Waals surface area contributed by atoms with Crippen LogP contribution < -0.4 is 0 Å². The van der Waals surface area contributed by atoms with Gasteiger partial charge in [-0.15, -0.1) is 0 Å². The van der Waals surface area contributed by atoms with Crippen LogP contribution in [0.5, 0.6) is 0 Å². The Kier molecular flexibility index (Phi) is 5.49. The molecule has 0 aliphatic carbocycles. The van der Waals surface area contributed by atoms with Crippen LogP contribution in [0.25, 0.3) is 0 Å². The zero-order chi connectivity index (χ0) is 18.7. The van der Waals surface area contributed by atoms with Crippen molar-refractivity contribution in [3.8, 4) is 0 Å². The van der Waals surface area contributed by atoms with E-state index in [-0.39, 0.29) is 30.4 Å². The minimum Gasteiger partial charge on any atom is -0.342 e. The van der Waals surface area contributed by atoms with Crippen LogP contribution >= 0.6 is 0 Å². The van der Waals surface area contributed by atoms with E-state index in [1.54, 1.807) is 6.92 Å². The molecule has 2 aromatic rings. The molecule has 1 atom stereocenters. The molecule has 2 heterocycles. The van der Waals surface area contributed by atoms with Crippen molar-refractivity contribution in [3.63, 3.8) is 0 Å². The van der Waals surface area contributed by atoms with E-state index in [4.69, 9.17) is 4.52 Å². The van der Waals surface area contributed by atoms with Crippen LogP contribution in [0.2, 0.25) is 0 Å². The lowest BCUT2D eigenvalue weighted by Crippen LogP contribution is -2.39. The Bertz CT molecular complexity index is 812. The van der Waals surface area contributed by atoms with Crippen molar-refractivity contribution in [2.45, 2.75) is 52.4 Å². The molecule has 0 bridgehead atoms. The quantitative estimate of drug-likeness (QED) is 0.769. The first-order valence-electron chi connectivity index (χ1n) is 9.12. The van der Waals surface area contributed by atoms with E-state index < -0.39 is 0 Å². The van der Waals surface area contributed by atoms with Crippen LogP contribution in [0, 0.1) is 20.8 Å². The highest BCUT2D eigenvalue weighted by Gasteiger charge is 2.28. The minimum atomic E-state index is 0.0162. The fourth-order valence-electron chi connectivity index (χ4n) is 3.32. The summed E-state index contributed by atoms with van der Waals surface area (Å²) in [6, 6.07) is 5.69. The second-order valence-electron chi connectivity index (χ2n) is 7.08. The van der Waals surface area contributed by atoms with E-state index in [0.717, 1.165) is 30.5 Å². The first-order valence-corrected chi connectivity index (χ1v) is 9.12. The molecule has 6 nitrogen and oxygen atoms in total. The Morgan fingerprint density at radius 3 is 2.69 bits per heavy atom. The monoisotopic (exact) mass is 355 g/mol. The summed E-state index contributed by atoms with van der Waals surface area (Å²) in [6.07, 6.45) is 2.32. The molecule has 138 valence electrons. The number of hydrogen-bond donors (Lipinski definition) is 0. The molecule has 0 N–H and O–H groups in total. The lowest BCUT2D eigenvalue weighted by atomic mass is 9.97. The number of carbonyl (C=O) groups excluding carboxylic acids is 2. The molecule has 1 saturated heterocycles. The molecule has 1 fully saturated rings. The zero-order valence-electron chi connectivity index (χ0n) is 15.6. The number of aromatic nitrogens is 2. The molecular weight excluding hydrogens is 330 g/mol.